The number of fused-ring (bicyclic) bond motifs is 1. The Morgan fingerprint density at radius 3 is 2.56 bits per heavy atom. The van der Waals surface area contributed by atoms with E-state index < -0.39 is 45.5 Å². The highest BCUT2D eigenvalue weighted by atomic mass is 79.9. The first-order valence-corrected chi connectivity index (χ1v) is 10.0. The third-order valence-corrected chi connectivity index (χ3v) is 8.04. The number of β-lactam (4-membered cyclic amide) rings is 1. The van der Waals surface area contributed by atoms with E-state index in [1.807, 2.05) is 0 Å². The van der Waals surface area contributed by atoms with Crippen LogP contribution in [-0.4, -0.2) is 49.5 Å². The SMILES string of the molecule is CC1(C)S[C@H]2N(C(=O)[C@]2(C)NC(=O)C(N)c2ccc(Br)s2)[C@H]1C(=O)O. The number of carbonyl (C=O) groups is 3. The number of hydrogen-bond acceptors (Lipinski definition) is 6. The van der Waals surface area contributed by atoms with Crippen LogP contribution in [0.3, 0.4) is 0 Å². The van der Waals surface area contributed by atoms with Crippen molar-refractivity contribution in [1.82, 2.24) is 10.2 Å². The van der Waals surface area contributed by atoms with E-state index in [1.54, 1.807) is 32.9 Å². The summed E-state index contributed by atoms with van der Waals surface area (Å²) in [4.78, 5) is 38.8. The fraction of sp³-hybridized carbons (Fsp3) is 0.533. The van der Waals surface area contributed by atoms with Crippen LogP contribution in [0.25, 0.3) is 0 Å². The molecule has 2 aliphatic heterocycles. The molecule has 10 heteroatoms. The normalized spacial score (nSPS) is 31.2. The number of nitrogens with two attached hydrogens (primary N) is 1. The van der Waals surface area contributed by atoms with Crippen molar-refractivity contribution in [2.24, 2.45) is 5.73 Å². The number of rotatable bonds is 4. The number of aliphatic carboxylic acids is 1. The van der Waals surface area contributed by atoms with Crippen molar-refractivity contribution < 1.29 is 19.5 Å². The molecule has 0 bridgehead atoms. The molecule has 1 aromatic heterocycles. The third-order valence-electron chi connectivity index (χ3n) is 4.58. The van der Waals surface area contributed by atoms with Gasteiger partial charge in [-0.25, -0.2) is 4.79 Å². The number of amides is 2. The molecule has 1 aromatic rings. The van der Waals surface area contributed by atoms with E-state index in [9.17, 15) is 19.5 Å². The highest BCUT2D eigenvalue weighted by Gasteiger charge is 2.70. The van der Waals surface area contributed by atoms with Gasteiger partial charge in [0.2, 0.25) is 5.91 Å². The summed E-state index contributed by atoms with van der Waals surface area (Å²) in [6.45, 7) is 5.21. The van der Waals surface area contributed by atoms with E-state index in [-0.39, 0.29) is 0 Å². The molecule has 0 aromatic carbocycles. The summed E-state index contributed by atoms with van der Waals surface area (Å²) < 4.78 is 0.218. The van der Waals surface area contributed by atoms with Crippen LogP contribution in [0.5, 0.6) is 0 Å². The van der Waals surface area contributed by atoms with Crippen molar-refractivity contribution in [3.8, 4) is 0 Å². The number of carboxylic acid groups (broad SMARTS) is 1. The zero-order chi connectivity index (χ0) is 18.7. The first-order chi connectivity index (χ1) is 11.5. The van der Waals surface area contributed by atoms with Gasteiger partial charge in [0.15, 0.2) is 0 Å². The molecule has 2 amide bonds. The molecule has 0 spiro atoms. The van der Waals surface area contributed by atoms with Crippen molar-refractivity contribution >= 4 is 56.8 Å². The highest BCUT2D eigenvalue weighted by molar-refractivity contribution is 9.11. The average Bonchev–Trinajstić information content (AvgIpc) is 3.05. The maximum absolute atomic E-state index is 12.7. The van der Waals surface area contributed by atoms with Crippen LogP contribution in [0, 0.1) is 0 Å². The Labute approximate surface area is 161 Å². The lowest BCUT2D eigenvalue weighted by atomic mass is 9.86. The first-order valence-electron chi connectivity index (χ1n) is 7.55. The predicted molar refractivity (Wildman–Crippen MR) is 99.2 cm³/mol. The number of carboxylic acids is 1. The summed E-state index contributed by atoms with van der Waals surface area (Å²) in [6, 6.07) is 1.76. The first kappa shape index (κ1) is 18.7. The van der Waals surface area contributed by atoms with Gasteiger partial charge < -0.3 is 21.1 Å². The summed E-state index contributed by atoms with van der Waals surface area (Å²) in [6.07, 6.45) is 0. The largest absolute Gasteiger partial charge is 0.480 e. The molecule has 136 valence electrons. The van der Waals surface area contributed by atoms with Gasteiger partial charge in [0, 0.05) is 9.62 Å². The molecule has 0 saturated carbocycles. The Morgan fingerprint density at radius 1 is 1.40 bits per heavy atom. The van der Waals surface area contributed by atoms with Crippen LogP contribution < -0.4 is 11.1 Å². The fourth-order valence-electron chi connectivity index (χ4n) is 3.30. The van der Waals surface area contributed by atoms with E-state index in [2.05, 4.69) is 21.2 Å². The van der Waals surface area contributed by atoms with Crippen molar-refractivity contribution in [3.05, 3.63) is 20.8 Å². The van der Waals surface area contributed by atoms with E-state index >= 15 is 0 Å². The standard InChI is InChI=1S/C15H18BrN3O4S2/c1-14(2)9(11(21)22)19-12(23)15(3,13(19)25-14)18-10(20)8(17)6-4-5-7(16)24-6/h4-5,8-9,13H,17H2,1-3H3,(H,18,20)(H,21,22)/t8?,9-,13+,15-/m0/s1. The maximum atomic E-state index is 12.7. The number of carbonyl (C=O) groups excluding carboxylic acids is 2. The Bertz CT molecular complexity index is 768. The minimum atomic E-state index is -1.16. The van der Waals surface area contributed by atoms with Gasteiger partial charge in [0.05, 0.1) is 3.79 Å². The van der Waals surface area contributed by atoms with Crippen molar-refractivity contribution in [2.75, 3.05) is 0 Å². The number of thioether (sulfide) groups is 1. The van der Waals surface area contributed by atoms with Crippen molar-refractivity contribution in [3.63, 3.8) is 0 Å². The topological polar surface area (TPSA) is 113 Å². The molecule has 3 heterocycles. The molecule has 0 aliphatic carbocycles. The Kier molecular flexibility index (Phi) is 4.46. The molecule has 1 unspecified atom stereocenters. The molecule has 2 fully saturated rings. The highest BCUT2D eigenvalue weighted by Crippen LogP contribution is 2.54. The molecule has 3 rings (SSSR count). The predicted octanol–water partition coefficient (Wildman–Crippen LogP) is 1.53. The second-order valence-corrected chi connectivity index (χ2v) is 11.1. The molecular weight excluding hydrogens is 430 g/mol. The number of nitrogens with zero attached hydrogens (tertiary/aromatic N) is 1. The molecule has 25 heavy (non-hydrogen) atoms. The summed E-state index contributed by atoms with van der Waals surface area (Å²) in [7, 11) is 0. The number of hydrogen-bond donors (Lipinski definition) is 3. The second-order valence-electron chi connectivity index (χ2n) is 6.84. The van der Waals surface area contributed by atoms with E-state index in [1.165, 1.54) is 28.0 Å². The minimum absolute atomic E-state index is 0.393. The van der Waals surface area contributed by atoms with Gasteiger partial charge in [-0.2, -0.15) is 0 Å². The number of halogens is 1. The lowest BCUT2D eigenvalue weighted by molar-refractivity contribution is -0.168. The number of nitrogens with one attached hydrogen (secondary N) is 1. The second kappa shape index (κ2) is 5.97. The summed E-state index contributed by atoms with van der Waals surface area (Å²) in [5, 5.41) is 11.8. The average molecular weight is 448 g/mol. The van der Waals surface area contributed by atoms with Gasteiger partial charge in [-0.15, -0.1) is 23.1 Å². The van der Waals surface area contributed by atoms with Crippen LogP contribution in [0.15, 0.2) is 15.9 Å². The Hall–Kier alpha value is -1.10. The smallest absolute Gasteiger partial charge is 0.327 e. The fourth-order valence-corrected chi connectivity index (χ4v) is 6.37. The van der Waals surface area contributed by atoms with Gasteiger partial charge >= 0.3 is 5.97 Å². The van der Waals surface area contributed by atoms with Gasteiger partial charge in [0.1, 0.15) is 23.0 Å². The van der Waals surface area contributed by atoms with Crippen LogP contribution in [0.2, 0.25) is 0 Å². The molecule has 2 aliphatic rings. The van der Waals surface area contributed by atoms with Gasteiger partial charge in [0.25, 0.3) is 5.91 Å². The monoisotopic (exact) mass is 447 g/mol. The van der Waals surface area contributed by atoms with Crippen molar-refractivity contribution in [2.45, 2.75) is 48.5 Å². The Balaban J connectivity index is 1.79. The Morgan fingerprint density at radius 2 is 2.04 bits per heavy atom. The van der Waals surface area contributed by atoms with E-state index in [4.69, 9.17) is 5.73 Å². The van der Waals surface area contributed by atoms with Gasteiger partial charge in [-0.05, 0) is 48.8 Å². The minimum Gasteiger partial charge on any atom is -0.480 e. The van der Waals surface area contributed by atoms with Crippen molar-refractivity contribution in [1.29, 1.82) is 0 Å². The molecule has 4 atom stereocenters. The maximum Gasteiger partial charge on any atom is 0.327 e. The van der Waals surface area contributed by atoms with E-state index in [0.717, 1.165) is 3.79 Å². The summed E-state index contributed by atoms with van der Waals surface area (Å²) >= 11 is 6.06. The summed E-state index contributed by atoms with van der Waals surface area (Å²) in [5.74, 6) is -1.89. The quantitative estimate of drug-likeness (QED) is 0.603. The van der Waals surface area contributed by atoms with Gasteiger partial charge in [-0.1, -0.05) is 0 Å². The molecule has 2 saturated heterocycles. The molecule has 7 nitrogen and oxygen atoms in total. The third kappa shape index (κ3) is 2.79. The van der Waals surface area contributed by atoms with Crippen LogP contribution in [-0.2, 0) is 14.4 Å². The zero-order valence-electron chi connectivity index (χ0n) is 13.8. The molecule has 0 radical (unpaired) electrons. The van der Waals surface area contributed by atoms with Crippen LogP contribution in [0.1, 0.15) is 31.7 Å². The summed E-state index contributed by atoms with van der Waals surface area (Å²) in [5.41, 5.74) is 4.84. The van der Waals surface area contributed by atoms with Crippen LogP contribution >= 0.6 is 39.0 Å². The number of thiophene rings is 1. The zero-order valence-corrected chi connectivity index (χ0v) is 17.0. The molecule has 4 N–H and O–H groups in total. The lowest BCUT2D eigenvalue weighted by Crippen LogP contribution is -2.78. The molecular formula is C15H18BrN3O4S2. The van der Waals surface area contributed by atoms with Crippen LogP contribution in [0.4, 0.5) is 0 Å². The lowest BCUT2D eigenvalue weighted by Gasteiger charge is -2.51. The van der Waals surface area contributed by atoms with Gasteiger partial charge in [-0.3, -0.25) is 9.59 Å². The van der Waals surface area contributed by atoms with E-state index in [0.29, 0.717) is 4.88 Å².